The Labute approximate surface area is 135 Å². The van der Waals surface area contributed by atoms with E-state index in [1.807, 2.05) is 13.8 Å². The van der Waals surface area contributed by atoms with Gasteiger partial charge in [-0.3, -0.25) is 0 Å². The predicted octanol–water partition coefficient (Wildman–Crippen LogP) is 3.14. The minimum absolute atomic E-state index is 0.0872. The number of likely N-dealkylation sites (tertiary alicyclic amines) is 1. The molecule has 0 saturated carbocycles. The molecule has 1 aliphatic heterocycles. The van der Waals surface area contributed by atoms with Crippen LogP contribution in [0.1, 0.15) is 31.7 Å². The number of benzene rings is 1. The van der Waals surface area contributed by atoms with Crippen molar-refractivity contribution in [3.05, 3.63) is 35.4 Å². The van der Waals surface area contributed by atoms with Gasteiger partial charge in [0.1, 0.15) is 0 Å². The summed E-state index contributed by atoms with van der Waals surface area (Å²) in [4.78, 5) is 13.9. The van der Waals surface area contributed by atoms with Crippen molar-refractivity contribution in [1.82, 2.24) is 10.2 Å². The normalized spacial score (nSPS) is 19.0. The largest absolute Gasteiger partial charge is 0.381 e. The second-order valence-electron chi connectivity index (χ2n) is 6.02. The van der Waals surface area contributed by atoms with Crippen molar-refractivity contribution < 1.29 is 18.3 Å². The zero-order valence-electron chi connectivity index (χ0n) is 13.6. The van der Waals surface area contributed by atoms with Gasteiger partial charge in [0.25, 0.3) is 0 Å². The number of urea groups is 1. The molecule has 2 rings (SSSR count). The molecular formula is C17H24F2N2O2. The fourth-order valence-corrected chi connectivity index (χ4v) is 2.73. The van der Waals surface area contributed by atoms with Crippen LogP contribution in [0.2, 0.25) is 0 Å². The summed E-state index contributed by atoms with van der Waals surface area (Å²) < 4.78 is 31.6. The standard InChI is InChI=1S/C17H24F2N2O2/c1-3-23-11-13-6-7-21(10-13)17(22)20-9-12(2)14-4-5-15(18)16(19)8-14/h4-5,8,12-13H,3,6-7,9-11H2,1-2H3,(H,20,22)/t12-,13+/m0/s1. The number of carbonyl (C=O) groups is 1. The Kier molecular flexibility index (Phi) is 6.33. The van der Waals surface area contributed by atoms with Crippen molar-refractivity contribution in [2.45, 2.75) is 26.2 Å². The minimum Gasteiger partial charge on any atom is -0.381 e. The summed E-state index contributed by atoms with van der Waals surface area (Å²) >= 11 is 0. The van der Waals surface area contributed by atoms with Crippen LogP contribution in [-0.4, -0.2) is 43.8 Å². The third kappa shape index (κ3) is 4.89. The SMILES string of the molecule is CCOC[C@@H]1CCN(C(=O)NC[C@H](C)c2ccc(F)c(F)c2)C1. The maximum absolute atomic E-state index is 13.2. The summed E-state index contributed by atoms with van der Waals surface area (Å²) in [6.45, 7) is 7.01. The van der Waals surface area contributed by atoms with Crippen molar-refractivity contribution in [3.8, 4) is 0 Å². The van der Waals surface area contributed by atoms with Crippen molar-refractivity contribution in [2.24, 2.45) is 5.92 Å². The van der Waals surface area contributed by atoms with Gasteiger partial charge in [0.2, 0.25) is 0 Å². The molecule has 1 aliphatic rings. The highest BCUT2D eigenvalue weighted by Crippen LogP contribution is 2.19. The lowest BCUT2D eigenvalue weighted by molar-refractivity contribution is 0.113. The Morgan fingerprint density at radius 2 is 2.22 bits per heavy atom. The molecule has 4 nitrogen and oxygen atoms in total. The van der Waals surface area contributed by atoms with Crippen LogP contribution in [0.5, 0.6) is 0 Å². The lowest BCUT2D eigenvalue weighted by Gasteiger charge is -2.19. The van der Waals surface area contributed by atoms with Crippen molar-refractivity contribution in [3.63, 3.8) is 0 Å². The van der Waals surface area contributed by atoms with E-state index in [4.69, 9.17) is 4.74 Å². The number of hydrogen-bond acceptors (Lipinski definition) is 2. The minimum atomic E-state index is -0.862. The highest BCUT2D eigenvalue weighted by molar-refractivity contribution is 5.74. The van der Waals surface area contributed by atoms with E-state index in [-0.39, 0.29) is 11.9 Å². The molecule has 0 bridgehead atoms. The Bertz CT molecular complexity index is 539. The van der Waals surface area contributed by atoms with Crippen molar-refractivity contribution in [1.29, 1.82) is 0 Å². The van der Waals surface area contributed by atoms with Crippen LogP contribution in [0.3, 0.4) is 0 Å². The van der Waals surface area contributed by atoms with Crippen LogP contribution in [-0.2, 0) is 4.74 Å². The Morgan fingerprint density at radius 3 is 2.91 bits per heavy atom. The number of rotatable bonds is 6. The zero-order valence-corrected chi connectivity index (χ0v) is 13.6. The van der Waals surface area contributed by atoms with Crippen LogP contribution >= 0.6 is 0 Å². The monoisotopic (exact) mass is 326 g/mol. The third-order valence-electron chi connectivity index (χ3n) is 4.20. The highest BCUT2D eigenvalue weighted by Gasteiger charge is 2.26. The maximum atomic E-state index is 13.2. The van der Waals surface area contributed by atoms with Crippen molar-refractivity contribution in [2.75, 3.05) is 32.8 Å². The Morgan fingerprint density at radius 1 is 1.43 bits per heavy atom. The number of ether oxygens (including phenoxy) is 1. The topological polar surface area (TPSA) is 41.6 Å². The lowest BCUT2D eigenvalue weighted by atomic mass is 10.0. The Balaban J connectivity index is 1.79. The first-order chi connectivity index (χ1) is 11.0. The summed E-state index contributed by atoms with van der Waals surface area (Å²) in [5, 5.41) is 2.86. The molecule has 1 aromatic rings. The van der Waals surface area contributed by atoms with Crippen LogP contribution in [0, 0.1) is 17.6 Å². The third-order valence-corrected chi connectivity index (χ3v) is 4.20. The molecule has 6 heteroatoms. The van der Waals surface area contributed by atoms with E-state index < -0.39 is 11.6 Å². The second-order valence-corrected chi connectivity index (χ2v) is 6.02. The molecule has 1 heterocycles. The van der Waals surface area contributed by atoms with Gasteiger partial charge in [-0.1, -0.05) is 13.0 Å². The fraction of sp³-hybridized carbons (Fsp3) is 0.588. The Hall–Kier alpha value is -1.69. The van der Waals surface area contributed by atoms with Gasteiger partial charge >= 0.3 is 6.03 Å². The van der Waals surface area contributed by atoms with Gasteiger partial charge < -0.3 is 15.0 Å². The maximum Gasteiger partial charge on any atom is 0.317 e. The molecule has 0 radical (unpaired) electrons. The molecule has 0 spiro atoms. The lowest BCUT2D eigenvalue weighted by Crippen LogP contribution is -2.40. The molecule has 2 amide bonds. The number of carbonyl (C=O) groups excluding carboxylic acids is 1. The first-order valence-corrected chi connectivity index (χ1v) is 8.06. The summed E-state index contributed by atoms with van der Waals surface area (Å²) in [7, 11) is 0. The van der Waals surface area contributed by atoms with E-state index in [1.54, 1.807) is 11.0 Å². The van der Waals surface area contributed by atoms with Crippen LogP contribution < -0.4 is 5.32 Å². The van der Waals surface area contributed by atoms with Gasteiger partial charge in [-0.2, -0.15) is 0 Å². The molecule has 0 unspecified atom stereocenters. The number of nitrogens with one attached hydrogen (secondary N) is 1. The quantitative estimate of drug-likeness (QED) is 0.872. The smallest absolute Gasteiger partial charge is 0.317 e. The number of amides is 2. The average Bonchev–Trinajstić information content (AvgIpc) is 3.01. The molecule has 0 aliphatic carbocycles. The van der Waals surface area contributed by atoms with Gasteiger partial charge in [-0.25, -0.2) is 13.6 Å². The van der Waals surface area contributed by atoms with Gasteiger partial charge in [0, 0.05) is 32.2 Å². The molecular weight excluding hydrogens is 302 g/mol. The fourth-order valence-electron chi connectivity index (χ4n) is 2.73. The van der Waals surface area contributed by atoms with Crippen LogP contribution in [0.25, 0.3) is 0 Å². The van der Waals surface area contributed by atoms with Gasteiger partial charge in [0.15, 0.2) is 11.6 Å². The number of nitrogens with zero attached hydrogens (tertiary/aromatic N) is 1. The predicted molar refractivity (Wildman–Crippen MR) is 84.3 cm³/mol. The summed E-state index contributed by atoms with van der Waals surface area (Å²) in [6.07, 6.45) is 0.951. The summed E-state index contributed by atoms with van der Waals surface area (Å²) in [5.41, 5.74) is 0.667. The van der Waals surface area contributed by atoms with E-state index in [9.17, 15) is 13.6 Å². The summed E-state index contributed by atoms with van der Waals surface area (Å²) in [5.74, 6) is -1.42. The summed E-state index contributed by atoms with van der Waals surface area (Å²) in [6, 6.07) is 3.73. The second kappa shape index (κ2) is 8.24. The number of halogens is 2. The van der Waals surface area contributed by atoms with E-state index >= 15 is 0 Å². The van der Waals surface area contributed by atoms with Crippen LogP contribution in [0.4, 0.5) is 13.6 Å². The zero-order chi connectivity index (χ0) is 16.8. The van der Waals surface area contributed by atoms with Gasteiger partial charge in [-0.05, 0) is 37.0 Å². The first-order valence-electron chi connectivity index (χ1n) is 8.06. The molecule has 23 heavy (non-hydrogen) atoms. The van der Waals surface area contributed by atoms with E-state index in [0.717, 1.165) is 19.0 Å². The van der Waals surface area contributed by atoms with Gasteiger partial charge in [-0.15, -0.1) is 0 Å². The van der Waals surface area contributed by atoms with Gasteiger partial charge in [0.05, 0.1) is 6.61 Å². The van der Waals surface area contributed by atoms with E-state index in [1.165, 1.54) is 6.07 Å². The molecule has 0 aromatic heterocycles. The molecule has 2 atom stereocenters. The average molecular weight is 326 g/mol. The van der Waals surface area contributed by atoms with E-state index in [0.29, 0.717) is 37.8 Å². The number of hydrogen-bond donors (Lipinski definition) is 1. The molecule has 1 aromatic carbocycles. The molecule has 1 N–H and O–H groups in total. The van der Waals surface area contributed by atoms with Crippen molar-refractivity contribution >= 4 is 6.03 Å². The molecule has 1 fully saturated rings. The van der Waals surface area contributed by atoms with Crippen LogP contribution in [0.15, 0.2) is 18.2 Å². The molecule has 1 saturated heterocycles. The first kappa shape index (κ1) is 17.7. The highest BCUT2D eigenvalue weighted by atomic mass is 19.2. The molecule has 128 valence electrons. The van der Waals surface area contributed by atoms with E-state index in [2.05, 4.69) is 5.32 Å².